The van der Waals surface area contributed by atoms with E-state index in [-0.39, 0.29) is 11.9 Å². The van der Waals surface area contributed by atoms with Gasteiger partial charge >= 0.3 is 6.03 Å². The highest BCUT2D eigenvalue weighted by molar-refractivity contribution is 5.91. The summed E-state index contributed by atoms with van der Waals surface area (Å²) in [6.07, 6.45) is 9.44. The third-order valence-electron chi connectivity index (χ3n) is 4.99. The SMILES string of the molecule is O=C(NC1CCCCCC1)N1CCCN(C(=O)c2ccco2)CC1. The molecule has 0 atom stereocenters. The van der Waals surface area contributed by atoms with Crippen molar-refractivity contribution in [2.75, 3.05) is 26.2 Å². The Labute approximate surface area is 143 Å². The van der Waals surface area contributed by atoms with E-state index in [9.17, 15) is 9.59 Å². The second kappa shape index (κ2) is 8.22. The minimum absolute atomic E-state index is 0.0224. The van der Waals surface area contributed by atoms with Crippen LogP contribution in [0.1, 0.15) is 55.5 Å². The number of amides is 3. The van der Waals surface area contributed by atoms with Crippen LogP contribution in [-0.4, -0.2) is 54.0 Å². The molecule has 1 saturated heterocycles. The number of furan rings is 1. The first kappa shape index (κ1) is 16.9. The van der Waals surface area contributed by atoms with Crippen LogP contribution in [0.5, 0.6) is 0 Å². The molecule has 2 fully saturated rings. The molecule has 0 unspecified atom stereocenters. The molecular formula is C18H27N3O3. The number of nitrogens with zero attached hydrogens (tertiary/aromatic N) is 2. The van der Waals surface area contributed by atoms with Crippen molar-refractivity contribution < 1.29 is 14.0 Å². The highest BCUT2D eigenvalue weighted by Gasteiger charge is 2.25. The molecule has 1 aliphatic carbocycles. The van der Waals surface area contributed by atoms with Crippen LogP contribution in [0.25, 0.3) is 0 Å². The Bertz CT molecular complexity index is 536. The molecule has 1 N–H and O–H groups in total. The molecule has 3 rings (SSSR count). The summed E-state index contributed by atoms with van der Waals surface area (Å²) in [5.74, 6) is 0.275. The first-order valence-corrected chi connectivity index (χ1v) is 9.12. The summed E-state index contributed by atoms with van der Waals surface area (Å²) >= 11 is 0. The van der Waals surface area contributed by atoms with Crippen molar-refractivity contribution >= 4 is 11.9 Å². The van der Waals surface area contributed by atoms with Crippen molar-refractivity contribution in [1.82, 2.24) is 15.1 Å². The highest BCUT2D eigenvalue weighted by Crippen LogP contribution is 2.18. The van der Waals surface area contributed by atoms with Crippen LogP contribution in [0, 0.1) is 0 Å². The molecular weight excluding hydrogens is 306 g/mol. The molecule has 1 aliphatic heterocycles. The van der Waals surface area contributed by atoms with Crippen LogP contribution in [0.4, 0.5) is 4.79 Å². The zero-order valence-corrected chi connectivity index (χ0v) is 14.2. The molecule has 1 saturated carbocycles. The van der Waals surface area contributed by atoms with E-state index in [0.29, 0.717) is 38.0 Å². The van der Waals surface area contributed by atoms with E-state index in [0.717, 1.165) is 19.3 Å². The molecule has 1 aromatic rings. The Kier molecular flexibility index (Phi) is 5.77. The molecule has 0 aromatic carbocycles. The molecule has 24 heavy (non-hydrogen) atoms. The number of nitrogens with one attached hydrogen (secondary N) is 1. The zero-order valence-electron chi connectivity index (χ0n) is 14.2. The maximum absolute atomic E-state index is 12.5. The Morgan fingerprint density at radius 3 is 2.38 bits per heavy atom. The van der Waals surface area contributed by atoms with Crippen LogP contribution in [-0.2, 0) is 0 Å². The zero-order chi connectivity index (χ0) is 16.8. The quantitative estimate of drug-likeness (QED) is 0.846. The van der Waals surface area contributed by atoms with E-state index in [1.165, 1.54) is 31.9 Å². The molecule has 3 amide bonds. The first-order valence-electron chi connectivity index (χ1n) is 9.12. The van der Waals surface area contributed by atoms with E-state index >= 15 is 0 Å². The third kappa shape index (κ3) is 4.30. The molecule has 0 bridgehead atoms. The minimum atomic E-state index is -0.0916. The topological polar surface area (TPSA) is 65.8 Å². The maximum atomic E-state index is 12.5. The lowest BCUT2D eigenvalue weighted by molar-refractivity contribution is 0.0730. The van der Waals surface area contributed by atoms with Crippen LogP contribution < -0.4 is 5.32 Å². The first-order chi connectivity index (χ1) is 11.7. The van der Waals surface area contributed by atoms with Gasteiger partial charge in [-0.3, -0.25) is 4.79 Å². The van der Waals surface area contributed by atoms with Crippen molar-refractivity contribution in [3.63, 3.8) is 0 Å². The smallest absolute Gasteiger partial charge is 0.317 e. The molecule has 132 valence electrons. The summed E-state index contributed by atoms with van der Waals surface area (Å²) in [6, 6.07) is 3.74. The van der Waals surface area contributed by atoms with Gasteiger partial charge in [-0.15, -0.1) is 0 Å². The lowest BCUT2D eigenvalue weighted by Gasteiger charge is -2.25. The normalized spacial score (nSPS) is 20.3. The van der Waals surface area contributed by atoms with E-state index in [1.54, 1.807) is 17.0 Å². The van der Waals surface area contributed by atoms with Crippen LogP contribution in [0.3, 0.4) is 0 Å². The molecule has 0 radical (unpaired) electrons. The molecule has 6 nitrogen and oxygen atoms in total. The van der Waals surface area contributed by atoms with Crippen molar-refractivity contribution in [2.24, 2.45) is 0 Å². The number of rotatable bonds is 2. The summed E-state index contributed by atoms with van der Waals surface area (Å²) < 4.78 is 5.19. The number of hydrogen-bond acceptors (Lipinski definition) is 3. The summed E-state index contributed by atoms with van der Waals surface area (Å²) in [4.78, 5) is 28.5. The van der Waals surface area contributed by atoms with E-state index in [2.05, 4.69) is 5.32 Å². The number of carbonyl (C=O) groups is 2. The van der Waals surface area contributed by atoms with E-state index in [4.69, 9.17) is 4.42 Å². The molecule has 2 aliphatic rings. The van der Waals surface area contributed by atoms with Crippen LogP contribution in [0.2, 0.25) is 0 Å². The van der Waals surface area contributed by atoms with Gasteiger partial charge in [-0.25, -0.2) is 4.79 Å². The summed E-state index contributed by atoms with van der Waals surface area (Å²) in [5.41, 5.74) is 0. The molecule has 0 spiro atoms. The predicted octanol–water partition coefficient (Wildman–Crippen LogP) is 2.86. The molecule has 6 heteroatoms. The largest absolute Gasteiger partial charge is 0.459 e. The maximum Gasteiger partial charge on any atom is 0.317 e. The summed E-state index contributed by atoms with van der Waals surface area (Å²) in [7, 11) is 0. The second-order valence-corrected chi connectivity index (χ2v) is 6.75. The van der Waals surface area contributed by atoms with Gasteiger partial charge in [-0.2, -0.15) is 0 Å². The fraction of sp³-hybridized carbons (Fsp3) is 0.667. The second-order valence-electron chi connectivity index (χ2n) is 6.75. The monoisotopic (exact) mass is 333 g/mol. The minimum Gasteiger partial charge on any atom is -0.459 e. The van der Waals surface area contributed by atoms with E-state index in [1.807, 2.05) is 4.90 Å². The predicted molar refractivity (Wildman–Crippen MR) is 90.8 cm³/mol. The summed E-state index contributed by atoms with van der Waals surface area (Å²) in [5, 5.41) is 3.19. The fourth-order valence-electron chi connectivity index (χ4n) is 3.57. The van der Waals surface area contributed by atoms with E-state index < -0.39 is 0 Å². The fourth-order valence-corrected chi connectivity index (χ4v) is 3.57. The highest BCUT2D eigenvalue weighted by atomic mass is 16.3. The average Bonchev–Trinajstić information content (AvgIpc) is 2.84. The van der Waals surface area contributed by atoms with Gasteiger partial charge in [0.05, 0.1) is 6.26 Å². The van der Waals surface area contributed by atoms with Gasteiger partial charge in [-0.05, 0) is 31.4 Å². The lowest BCUT2D eigenvalue weighted by Crippen LogP contribution is -2.46. The Morgan fingerprint density at radius 2 is 1.67 bits per heavy atom. The third-order valence-corrected chi connectivity index (χ3v) is 4.99. The van der Waals surface area contributed by atoms with Crippen LogP contribution in [0.15, 0.2) is 22.8 Å². The van der Waals surface area contributed by atoms with Crippen LogP contribution >= 0.6 is 0 Å². The van der Waals surface area contributed by atoms with Gasteiger partial charge in [-0.1, -0.05) is 25.7 Å². The molecule has 2 heterocycles. The number of hydrogen-bond donors (Lipinski definition) is 1. The Balaban J connectivity index is 1.51. The van der Waals surface area contributed by atoms with Crippen molar-refractivity contribution in [1.29, 1.82) is 0 Å². The van der Waals surface area contributed by atoms with Gasteiger partial charge in [0, 0.05) is 32.2 Å². The van der Waals surface area contributed by atoms with Crippen molar-refractivity contribution in [2.45, 2.75) is 51.0 Å². The van der Waals surface area contributed by atoms with Gasteiger partial charge in [0.1, 0.15) is 0 Å². The molecule has 1 aromatic heterocycles. The standard InChI is InChI=1S/C18H27N3O3/c22-17(16-9-5-14-24-16)20-10-6-11-21(13-12-20)18(23)19-15-7-3-1-2-4-8-15/h5,9,14-15H,1-4,6-8,10-13H2,(H,19,23). The Hall–Kier alpha value is -1.98. The van der Waals surface area contributed by atoms with Gasteiger partial charge < -0.3 is 19.5 Å². The average molecular weight is 333 g/mol. The van der Waals surface area contributed by atoms with Gasteiger partial charge in [0.25, 0.3) is 5.91 Å². The van der Waals surface area contributed by atoms with Crippen molar-refractivity contribution in [3.8, 4) is 0 Å². The number of urea groups is 1. The summed E-state index contributed by atoms with van der Waals surface area (Å²) in [6.45, 7) is 2.48. The van der Waals surface area contributed by atoms with Crippen molar-refractivity contribution in [3.05, 3.63) is 24.2 Å². The number of carbonyl (C=O) groups excluding carboxylic acids is 2. The Morgan fingerprint density at radius 1 is 0.958 bits per heavy atom. The van der Waals surface area contributed by atoms with Gasteiger partial charge in [0.15, 0.2) is 5.76 Å². The lowest BCUT2D eigenvalue weighted by atomic mass is 10.1. The van der Waals surface area contributed by atoms with Gasteiger partial charge in [0.2, 0.25) is 0 Å².